The van der Waals surface area contributed by atoms with Crippen molar-refractivity contribution in [2.24, 2.45) is 7.05 Å². The standard InChI is InChI=1S/C21H22ClN5O7S2/c1-25-13-20(23-14-25)36(32,33)26-10-11-27(19(12-26)21(28)24-29)35(30,31)18-8-6-17(7-9-18)34-16-4-2-15(22)3-5-16/h2-9,13-14,19,29H,10-12H2,1H3,(H,24,28)/t19-/m1/s1. The Bertz CT molecular complexity index is 1460. The molecule has 1 amide bonds. The number of sulfonamides is 2. The van der Waals surface area contributed by atoms with Gasteiger partial charge < -0.3 is 9.30 Å². The minimum absolute atomic E-state index is 0.136. The molecule has 2 aromatic carbocycles. The number of nitrogens with one attached hydrogen (secondary N) is 1. The number of carbonyl (C=O) groups excluding carboxylic acids is 1. The van der Waals surface area contributed by atoms with E-state index in [1.54, 1.807) is 31.3 Å². The molecule has 0 radical (unpaired) electrons. The summed E-state index contributed by atoms with van der Waals surface area (Å²) in [7, 11) is -6.74. The second-order valence-corrected chi connectivity index (χ2v) is 12.1. The smallest absolute Gasteiger partial charge is 0.263 e. The number of hydroxylamine groups is 1. The molecule has 0 aliphatic carbocycles. The fraction of sp³-hybridized carbons (Fsp3) is 0.238. The zero-order valence-electron chi connectivity index (χ0n) is 18.9. The number of hydrogen-bond acceptors (Lipinski definition) is 8. The third-order valence-electron chi connectivity index (χ3n) is 5.47. The first-order chi connectivity index (χ1) is 17.0. The molecule has 0 unspecified atom stereocenters. The lowest BCUT2D eigenvalue weighted by Crippen LogP contribution is -2.61. The Morgan fingerprint density at radius 2 is 1.64 bits per heavy atom. The van der Waals surface area contributed by atoms with E-state index in [4.69, 9.17) is 16.3 Å². The lowest BCUT2D eigenvalue weighted by molar-refractivity contribution is -0.134. The maximum absolute atomic E-state index is 13.4. The van der Waals surface area contributed by atoms with Crippen molar-refractivity contribution in [3.8, 4) is 11.5 Å². The molecular weight excluding hydrogens is 534 g/mol. The number of aromatic nitrogens is 2. The zero-order valence-corrected chi connectivity index (χ0v) is 21.2. The summed E-state index contributed by atoms with van der Waals surface area (Å²) in [5, 5.41) is 9.52. The number of aryl methyl sites for hydroxylation is 1. The molecule has 192 valence electrons. The topological polar surface area (TPSA) is 151 Å². The van der Waals surface area contributed by atoms with Crippen molar-refractivity contribution in [2.75, 3.05) is 19.6 Å². The molecule has 1 atom stereocenters. The Hall–Kier alpha value is -3.01. The largest absolute Gasteiger partial charge is 0.457 e. The molecule has 3 aromatic rings. The minimum atomic E-state index is -4.24. The fourth-order valence-electron chi connectivity index (χ4n) is 3.64. The molecule has 15 heteroatoms. The summed E-state index contributed by atoms with van der Waals surface area (Å²) in [6, 6.07) is 10.6. The average Bonchev–Trinajstić information content (AvgIpc) is 3.32. The number of halogens is 1. The molecular formula is C21H22ClN5O7S2. The fourth-order valence-corrected chi connectivity index (χ4v) is 6.74. The summed E-state index contributed by atoms with van der Waals surface area (Å²) >= 11 is 5.86. The van der Waals surface area contributed by atoms with E-state index < -0.39 is 38.5 Å². The maximum Gasteiger partial charge on any atom is 0.263 e. The molecule has 0 bridgehead atoms. The summed E-state index contributed by atoms with van der Waals surface area (Å²) < 4.78 is 61.6. The van der Waals surface area contributed by atoms with Gasteiger partial charge >= 0.3 is 0 Å². The molecule has 2 N–H and O–H groups in total. The molecule has 1 aromatic heterocycles. The summed E-state index contributed by atoms with van der Waals surface area (Å²) in [5.41, 5.74) is 1.43. The number of piperazine rings is 1. The highest BCUT2D eigenvalue weighted by atomic mass is 35.5. The predicted octanol–water partition coefficient (Wildman–Crippen LogP) is 1.43. The van der Waals surface area contributed by atoms with Crippen molar-refractivity contribution in [1.82, 2.24) is 23.6 Å². The Labute approximate surface area is 212 Å². The number of amides is 1. The number of carbonyl (C=O) groups is 1. The van der Waals surface area contributed by atoms with Crippen LogP contribution >= 0.6 is 11.6 Å². The van der Waals surface area contributed by atoms with Crippen LogP contribution in [0.4, 0.5) is 0 Å². The van der Waals surface area contributed by atoms with Gasteiger partial charge in [-0.15, -0.1) is 0 Å². The van der Waals surface area contributed by atoms with E-state index in [1.165, 1.54) is 46.8 Å². The number of ether oxygens (including phenoxy) is 1. The van der Waals surface area contributed by atoms with Crippen LogP contribution in [-0.4, -0.2) is 71.8 Å². The van der Waals surface area contributed by atoms with Crippen molar-refractivity contribution >= 4 is 37.6 Å². The van der Waals surface area contributed by atoms with Gasteiger partial charge in [0, 0.05) is 37.9 Å². The van der Waals surface area contributed by atoms with Gasteiger partial charge in [0.05, 0.1) is 11.2 Å². The van der Waals surface area contributed by atoms with E-state index in [1.807, 2.05) is 0 Å². The highest BCUT2D eigenvalue weighted by molar-refractivity contribution is 7.89. The van der Waals surface area contributed by atoms with Gasteiger partial charge in [0.25, 0.3) is 15.9 Å². The van der Waals surface area contributed by atoms with Gasteiger partial charge in [-0.05, 0) is 48.5 Å². The van der Waals surface area contributed by atoms with Crippen LogP contribution in [0.3, 0.4) is 0 Å². The summed E-state index contributed by atoms with van der Waals surface area (Å²) in [6.45, 7) is -1.05. The van der Waals surface area contributed by atoms with Gasteiger partial charge in [-0.3, -0.25) is 10.0 Å². The average molecular weight is 556 g/mol. The molecule has 1 saturated heterocycles. The van der Waals surface area contributed by atoms with Gasteiger partial charge in [-0.1, -0.05) is 11.6 Å². The third-order valence-corrected chi connectivity index (χ3v) is 9.40. The van der Waals surface area contributed by atoms with Crippen LogP contribution < -0.4 is 10.2 Å². The lowest BCUT2D eigenvalue weighted by Gasteiger charge is -2.38. The molecule has 0 spiro atoms. The lowest BCUT2D eigenvalue weighted by atomic mass is 10.2. The number of imidazole rings is 1. The first-order valence-corrected chi connectivity index (χ1v) is 13.8. The van der Waals surface area contributed by atoms with E-state index >= 15 is 0 Å². The summed E-state index contributed by atoms with van der Waals surface area (Å²) in [6.07, 6.45) is 2.61. The van der Waals surface area contributed by atoms with Crippen molar-refractivity contribution in [3.63, 3.8) is 0 Å². The van der Waals surface area contributed by atoms with Gasteiger partial charge in [-0.25, -0.2) is 27.3 Å². The second-order valence-electron chi connectivity index (χ2n) is 7.88. The van der Waals surface area contributed by atoms with Crippen molar-refractivity contribution in [2.45, 2.75) is 16.0 Å². The molecule has 1 fully saturated rings. The SMILES string of the molecule is Cn1cnc(S(=O)(=O)N2CCN(S(=O)(=O)c3ccc(Oc4ccc(Cl)cc4)cc3)[C@@H](C(=O)NO)C2)c1. The van der Waals surface area contributed by atoms with Gasteiger partial charge in [0.2, 0.25) is 10.0 Å². The molecule has 2 heterocycles. The molecule has 12 nitrogen and oxygen atoms in total. The number of nitrogens with zero attached hydrogens (tertiary/aromatic N) is 4. The van der Waals surface area contributed by atoms with Crippen LogP contribution in [-0.2, 0) is 31.9 Å². The highest BCUT2D eigenvalue weighted by Gasteiger charge is 2.43. The number of hydrogen-bond donors (Lipinski definition) is 2. The minimum Gasteiger partial charge on any atom is -0.457 e. The number of rotatable bonds is 7. The van der Waals surface area contributed by atoms with Crippen LogP contribution in [0.1, 0.15) is 0 Å². The van der Waals surface area contributed by atoms with Crippen LogP contribution in [0.15, 0.2) is 71.0 Å². The van der Waals surface area contributed by atoms with Crippen molar-refractivity contribution in [3.05, 3.63) is 66.1 Å². The Morgan fingerprint density at radius 3 is 2.19 bits per heavy atom. The van der Waals surface area contributed by atoms with Crippen LogP contribution in [0, 0.1) is 0 Å². The first kappa shape index (κ1) is 26.1. The van der Waals surface area contributed by atoms with Gasteiger partial charge in [-0.2, -0.15) is 8.61 Å². The highest BCUT2D eigenvalue weighted by Crippen LogP contribution is 2.28. The molecule has 0 saturated carbocycles. The third kappa shape index (κ3) is 5.23. The Balaban J connectivity index is 1.56. The normalized spacial score (nSPS) is 17.6. The first-order valence-electron chi connectivity index (χ1n) is 10.5. The van der Waals surface area contributed by atoms with Crippen molar-refractivity contribution in [1.29, 1.82) is 0 Å². The van der Waals surface area contributed by atoms with Gasteiger partial charge in [0.15, 0.2) is 5.03 Å². The second kappa shape index (κ2) is 10.2. The zero-order chi connectivity index (χ0) is 26.1. The summed E-state index contributed by atoms with van der Waals surface area (Å²) in [4.78, 5) is 16.1. The molecule has 36 heavy (non-hydrogen) atoms. The number of benzene rings is 2. The predicted molar refractivity (Wildman–Crippen MR) is 128 cm³/mol. The van der Waals surface area contributed by atoms with E-state index in [-0.39, 0.29) is 23.0 Å². The molecule has 1 aliphatic heterocycles. The van der Waals surface area contributed by atoms with E-state index in [2.05, 4.69) is 4.98 Å². The van der Waals surface area contributed by atoms with E-state index in [9.17, 15) is 26.8 Å². The Morgan fingerprint density at radius 1 is 1.03 bits per heavy atom. The Kier molecular flexibility index (Phi) is 7.36. The molecule has 1 aliphatic rings. The van der Waals surface area contributed by atoms with Crippen molar-refractivity contribution < 1.29 is 31.6 Å². The van der Waals surface area contributed by atoms with Gasteiger partial charge in [0.1, 0.15) is 17.5 Å². The van der Waals surface area contributed by atoms with E-state index in [0.717, 1.165) is 8.61 Å². The van der Waals surface area contributed by atoms with Crippen LogP contribution in [0.25, 0.3) is 0 Å². The van der Waals surface area contributed by atoms with E-state index in [0.29, 0.717) is 16.5 Å². The van der Waals surface area contributed by atoms with Crippen LogP contribution in [0.2, 0.25) is 5.02 Å². The quantitative estimate of drug-likeness (QED) is 0.328. The monoisotopic (exact) mass is 555 g/mol. The maximum atomic E-state index is 13.4. The van der Waals surface area contributed by atoms with Crippen LogP contribution in [0.5, 0.6) is 11.5 Å². The summed E-state index contributed by atoms with van der Waals surface area (Å²) in [5.74, 6) is -0.200. The molecule has 4 rings (SSSR count).